The van der Waals surface area contributed by atoms with Crippen LogP contribution in [0.5, 0.6) is 0 Å². The van der Waals surface area contributed by atoms with Gasteiger partial charge in [-0.3, -0.25) is 19.6 Å². The Bertz CT molecular complexity index is 1390. The monoisotopic (exact) mass is 440 g/mol. The van der Waals surface area contributed by atoms with Crippen LogP contribution in [0, 0.1) is 0 Å². The molecule has 2 amide bonds. The Morgan fingerprint density at radius 1 is 1.09 bits per heavy atom. The van der Waals surface area contributed by atoms with E-state index in [-0.39, 0.29) is 11.6 Å². The molecule has 0 bridgehead atoms. The highest BCUT2D eigenvalue weighted by Gasteiger charge is 2.26. The number of carbonyl (C=O) groups excluding carboxylic acids is 2. The highest BCUT2D eigenvalue weighted by atomic mass is 16.2. The van der Waals surface area contributed by atoms with E-state index >= 15 is 0 Å². The molecular formula is C25H24N6O2. The lowest BCUT2D eigenvalue weighted by atomic mass is 10.0. The fraction of sp³-hybridized carbons (Fsp3) is 0.240. The smallest absolute Gasteiger partial charge is 0.267 e. The number of carbonyl (C=O) groups is 2. The molecule has 0 saturated heterocycles. The highest BCUT2D eigenvalue weighted by Crippen LogP contribution is 2.34. The van der Waals surface area contributed by atoms with Crippen LogP contribution in [0.15, 0.2) is 48.8 Å². The van der Waals surface area contributed by atoms with Crippen LogP contribution in [0.1, 0.15) is 35.9 Å². The van der Waals surface area contributed by atoms with Crippen molar-refractivity contribution in [3.8, 4) is 22.5 Å². The molecule has 0 aliphatic carbocycles. The molecule has 166 valence electrons. The van der Waals surface area contributed by atoms with Crippen molar-refractivity contribution in [3.63, 3.8) is 0 Å². The minimum absolute atomic E-state index is 0.0756. The van der Waals surface area contributed by atoms with Gasteiger partial charge in [-0.15, -0.1) is 0 Å². The van der Waals surface area contributed by atoms with Gasteiger partial charge >= 0.3 is 0 Å². The van der Waals surface area contributed by atoms with Crippen LogP contribution in [0.3, 0.4) is 0 Å². The maximum Gasteiger partial charge on any atom is 0.267 e. The van der Waals surface area contributed by atoms with E-state index in [1.54, 1.807) is 25.3 Å². The third-order valence-corrected chi connectivity index (χ3v) is 6.18. The number of fused-ring (bicyclic) bond motifs is 2. The lowest BCUT2D eigenvalue weighted by Gasteiger charge is -2.28. The summed E-state index contributed by atoms with van der Waals surface area (Å²) in [6.07, 6.45) is 4.28. The third-order valence-electron chi connectivity index (χ3n) is 6.18. The van der Waals surface area contributed by atoms with Gasteiger partial charge < -0.3 is 15.2 Å². The summed E-state index contributed by atoms with van der Waals surface area (Å²) in [7, 11) is 0. The Labute approximate surface area is 191 Å². The molecule has 0 fully saturated rings. The summed E-state index contributed by atoms with van der Waals surface area (Å²) < 4.78 is 2.25. The van der Waals surface area contributed by atoms with Gasteiger partial charge in [0.25, 0.3) is 5.91 Å². The van der Waals surface area contributed by atoms with Gasteiger partial charge in [0.2, 0.25) is 5.91 Å². The standard InChI is InChI=1S/C25H24N6O2/c1-3-23-29-24(22-14-30(15(2)32)9-10-31(22)23)18-6-4-5-16-11-21(28-13-19(16)18)17-7-8-20(25(26)33)27-12-17/h4-8,11-13H,3,9-10,14H2,1-2H3,(H2,26,33). The number of pyridine rings is 2. The second kappa shape index (κ2) is 8.12. The number of aryl methyl sites for hydroxylation is 1. The molecule has 5 rings (SSSR count). The number of aromatic nitrogens is 4. The van der Waals surface area contributed by atoms with Crippen LogP contribution in [-0.4, -0.2) is 42.8 Å². The van der Waals surface area contributed by atoms with Crippen molar-refractivity contribution in [3.05, 3.63) is 66.0 Å². The van der Waals surface area contributed by atoms with Gasteiger partial charge in [0.05, 0.1) is 23.6 Å². The minimum Gasteiger partial charge on any atom is -0.364 e. The Hall–Kier alpha value is -4.07. The first-order valence-electron chi connectivity index (χ1n) is 11.0. The summed E-state index contributed by atoms with van der Waals surface area (Å²) in [4.78, 5) is 39.0. The zero-order valence-corrected chi connectivity index (χ0v) is 18.6. The van der Waals surface area contributed by atoms with Gasteiger partial charge in [0, 0.05) is 55.3 Å². The van der Waals surface area contributed by atoms with Crippen LogP contribution in [0.25, 0.3) is 33.3 Å². The summed E-state index contributed by atoms with van der Waals surface area (Å²) in [6.45, 7) is 5.73. The van der Waals surface area contributed by atoms with Crippen molar-refractivity contribution in [2.75, 3.05) is 6.54 Å². The van der Waals surface area contributed by atoms with Crippen LogP contribution >= 0.6 is 0 Å². The fourth-order valence-electron chi connectivity index (χ4n) is 4.42. The van der Waals surface area contributed by atoms with Crippen molar-refractivity contribution in [1.29, 1.82) is 0 Å². The molecule has 0 atom stereocenters. The SMILES string of the molecule is CCc1nc(-c2cccc3cc(-c4ccc(C(N)=O)nc4)ncc23)c2n1CCN(C(C)=O)C2. The number of hydrogen-bond acceptors (Lipinski definition) is 5. The number of primary amides is 1. The molecule has 33 heavy (non-hydrogen) atoms. The molecule has 8 nitrogen and oxygen atoms in total. The maximum atomic E-state index is 12.0. The zero-order valence-electron chi connectivity index (χ0n) is 18.6. The molecule has 2 N–H and O–H groups in total. The minimum atomic E-state index is -0.559. The first-order chi connectivity index (χ1) is 16.0. The number of benzene rings is 1. The van der Waals surface area contributed by atoms with Crippen molar-refractivity contribution < 1.29 is 9.59 Å². The van der Waals surface area contributed by atoms with E-state index in [4.69, 9.17) is 10.7 Å². The van der Waals surface area contributed by atoms with Gasteiger partial charge in [-0.2, -0.15) is 0 Å². The number of nitrogens with zero attached hydrogens (tertiary/aromatic N) is 5. The van der Waals surface area contributed by atoms with Crippen molar-refractivity contribution in [1.82, 2.24) is 24.4 Å². The van der Waals surface area contributed by atoms with Gasteiger partial charge in [-0.25, -0.2) is 4.98 Å². The molecule has 8 heteroatoms. The normalized spacial score (nSPS) is 13.2. The highest BCUT2D eigenvalue weighted by molar-refractivity contribution is 5.97. The number of imidazole rings is 1. The van der Waals surface area contributed by atoms with Gasteiger partial charge in [0.1, 0.15) is 11.5 Å². The summed E-state index contributed by atoms with van der Waals surface area (Å²) >= 11 is 0. The van der Waals surface area contributed by atoms with Gasteiger partial charge in [-0.1, -0.05) is 25.1 Å². The number of nitrogens with two attached hydrogens (primary N) is 1. The summed E-state index contributed by atoms with van der Waals surface area (Å²) in [6, 6.07) is 11.5. The van der Waals surface area contributed by atoms with E-state index in [9.17, 15) is 9.59 Å². The van der Waals surface area contributed by atoms with E-state index in [1.807, 2.05) is 29.3 Å². The lowest BCUT2D eigenvalue weighted by molar-refractivity contribution is -0.130. The average molecular weight is 441 g/mol. The quantitative estimate of drug-likeness (QED) is 0.524. The van der Waals surface area contributed by atoms with Crippen LogP contribution in [0.2, 0.25) is 0 Å². The molecule has 0 unspecified atom stereocenters. The second-order valence-corrected chi connectivity index (χ2v) is 8.16. The van der Waals surface area contributed by atoms with Crippen LogP contribution < -0.4 is 5.73 Å². The topological polar surface area (TPSA) is 107 Å². The fourth-order valence-corrected chi connectivity index (χ4v) is 4.42. The summed E-state index contributed by atoms with van der Waals surface area (Å²) in [5.41, 5.74) is 10.0. The summed E-state index contributed by atoms with van der Waals surface area (Å²) in [5, 5.41) is 2.02. The van der Waals surface area contributed by atoms with E-state index in [0.717, 1.165) is 57.8 Å². The lowest BCUT2D eigenvalue weighted by Crippen LogP contribution is -2.37. The Morgan fingerprint density at radius 2 is 1.94 bits per heavy atom. The van der Waals surface area contributed by atoms with E-state index in [2.05, 4.69) is 27.5 Å². The van der Waals surface area contributed by atoms with E-state index < -0.39 is 5.91 Å². The molecule has 0 radical (unpaired) electrons. The molecule has 1 aliphatic heterocycles. The van der Waals surface area contributed by atoms with Gasteiger partial charge in [-0.05, 0) is 23.6 Å². The Morgan fingerprint density at radius 3 is 2.64 bits per heavy atom. The molecule has 0 spiro atoms. The number of hydrogen-bond donors (Lipinski definition) is 1. The Balaban J connectivity index is 1.60. The predicted octanol–water partition coefficient (Wildman–Crippen LogP) is 3.18. The number of amides is 2. The molecule has 4 aromatic rings. The third kappa shape index (κ3) is 3.63. The predicted molar refractivity (Wildman–Crippen MR) is 125 cm³/mol. The molecule has 3 aromatic heterocycles. The van der Waals surface area contributed by atoms with E-state index in [0.29, 0.717) is 13.1 Å². The van der Waals surface area contributed by atoms with Crippen molar-refractivity contribution >= 4 is 22.6 Å². The second-order valence-electron chi connectivity index (χ2n) is 8.16. The van der Waals surface area contributed by atoms with Crippen molar-refractivity contribution in [2.45, 2.75) is 33.4 Å². The molecule has 0 saturated carbocycles. The average Bonchev–Trinajstić information content (AvgIpc) is 3.21. The zero-order chi connectivity index (χ0) is 23.1. The number of rotatable bonds is 4. The molecule has 1 aromatic carbocycles. The molecule has 4 heterocycles. The first-order valence-corrected chi connectivity index (χ1v) is 11.0. The van der Waals surface area contributed by atoms with Crippen LogP contribution in [-0.2, 0) is 24.3 Å². The van der Waals surface area contributed by atoms with Gasteiger partial charge in [0.15, 0.2) is 0 Å². The maximum absolute atomic E-state index is 12.0. The molecular weight excluding hydrogens is 416 g/mol. The van der Waals surface area contributed by atoms with E-state index in [1.165, 1.54) is 0 Å². The molecule has 1 aliphatic rings. The summed E-state index contributed by atoms with van der Waals surface area (Å²) in [5.74, 6) is 0.549. The van der Waals surface area contributed by atoms with Crippen LogP contribution in [0.4, 0.5) is 0 Å². The Kier molecular flexibility index (Phi) is 5.12. The first kappa shape index (κ1) is 20.8. The largest absolute Gasteiger partial charge is 0.364 e. The van der Waals surface area contributed by atoms with Crippen molar-refractivity contribution in [2.24, 2.45) is 5.73 Å².